The molecule has 0 saturated carbocycles. The van der Waals surface area contributed by atoms with Gasteiger partial charge in [0, 0.05) is 24.5 Å². The fraction of sp³-hybridized carbons (Fsp3) is 0.308. The van der Waals surface area contributed by atoms with Crippen molar-refractivity contribution in [3.8, 4) is 0 Å². The van der Waals surface area contributed by atoms with E-state index in [1.165, 1.54) is 7.05 Å². The Balaban J connectivity index is 2.39. The van der Waals surface area contributed by atoms with Gasteiger partial charge in [-0.15, -0.1) is 0 Å². The van der Waals surface area contributed by atoms with Crippen LogP contribution in [-0.2, 0) is 0 Å². The molecule has 0 spiro atoms. The van der Waals surface area contributed by atoms with Crippen LogP contribution in [0.15, 0.2) is 16.2 Å². The van der Waals surface area contributed by atoms with Gasteiger partial charge in [0.1, 0.15) is 5.03 Å². The van der Waals surface area contributed by atoms with E-state index < -0.39 is 11.6 Å². The number of hydrogen-bond acceptors (Lipinski definition) is 5. The van der Waals surface area contributed by atoms with Crippen molar-refractivity contribution in [3.63, 3.8) is 0 Å². The van der Waals surface area contributed by atoms with Crippen molar-refractivity contribution in [1.29, 1.82) is 0 Å². The zero-order valence-electron chi connectivity index (χ0n) is 11.6. The molecule has 0 aliphatic carbocycles. The van der Waals surface area contributed by atoms with Gasteiger partial charge in [0.15, 0.2) is 22.6 Å². The molecule has 2 aromatic heterocycles. The molecule has 0 amide bonds. The van der Waals surface area contributed by atoms with E-state index >= 15 is 0 Å². The van der Waals surface area contributed by atoms with Gasteiger partial charge in [-0.3, -0.25) is 0 Å². The summed E-state index contributed by atoms with van der Waals surface area (Å²) in [6, 6.07) is 0.801. The van der Waals surface area contributed by atoms with Crippen molar-refractivity contribution in [1.82, 2.24) is 15.0 Å². The Kier molecular flexibility index (Phi) is 4.17. The smallest absolute Gasteiger partial charge is 0.194 e. The van der Waals surface area contributed by atoms with E-state index in [1.807, 2.05) is 20.8 Å². The SMILES string of the molecule is CNc1nc(Sc2nc(C)c(C)c(C)n2)c(F)cc1F. The van der Waals surface area contributed by atoms with Gasteiger partial charge in [0.05, 0.1) is 0 Å². The average Bonchev–Trinajstić information content (AvgIpc) is 2.39. The first-order chi connectivity index (χ1) is 9.42. The Hall–Kier alpha value is -1.76. The number of halogens is 2. The molecule has 2 rings (SSSR count). The predicted molar refractivity (Wildman–Crippen MR) is 74.1 cm³/mol. The Labute approximate surface area is 120 Å². The molecule has 0 aliphatic heterocycles. The molecular weight excluding hydrogens is 282 g/mol. The standard InChI is InChI=1S/C13H14F2N4S/c1-6-7(2)17-13(18-8(6)3)20-12-10(15)5-9(14)11(16-4)19-12/h5H,1-4H3,(H,16,19). The molecule has 0 aromatic carbocycles. The summed E-state index contributed by atoms with van der Waals surface area (Å²) >= 11 is 0.974. The van der Waals surface area contributed by atoms with Crippen LogP contribution in [0.2, 0.25) is 0 Å². The van der Waals surface area contributed by atoms with Gasteiger partial charge in [-0.05, 0) is 38.1 Å². The van der Waals surface area contributed by atoms with Crippen molar-refractivity contribution in [2.45, 2.75) is 31.0 Å². The van der Waals surface area contributed by atoms with Gasteiger partial charge < -0.3 is 5.32 Å². The molecule has 0 radical (unpaired) electrons. The summed E-state index contributed by atoms with van der Waals surface area (Å²) in [6.07, 6.45) is 0. The molecule has 0 bridgehead atoms. The van der Waals surface area contributed by atoms with Gasteiger partial charge in [-0.2, -0.15) is 0 Å². The number of aryl methyl sites for hydroxylation is 2. The normalized spacial score (nSPS) is 10.7. The van der Waals surface area contributed by atoms with Crippen LogP contribution in [0.25, 0.3) is 0 Å². The van der Waals surface area contributed by atoms with E-state index in [0.717, 1.165) is 34.8 Å². The van der Waals surface area contributed by atoms with E-state index in [1.54, 1.807) is 0 Å². The summed E-state index contributed by atoms with van der Waals surface area (Å²) in [5, 5.41) is 3.01. The minimum atomic E-state index is -0.731. The predicted octanol–water partition coefficient (Wildman–Crippen LogP) is 3.27. The zero-order valence-corrected chi connectivity index (χ0v) is 12.4. The number of aromatic nitrogens is 3. The third-order valence-corrected chi connectivity index (χ3v) is 3.78. The minimum Gasteiger partial charge on any atom is -0.371 e. The third kappa shape index (κ3) is 2.87. The highest BCUT2D eigenvalue weighted by Gasteiger charge is 2.14. The lowest BCUT2D eigenvalue weighted by atomic mass is 10.2. The average molecular weight is 296 g/mol. The summed E-state index contributed by atoms with van der Waals surface area (Å²) in [5.41, 5.74) is 2.66. The lowest BCUT2D eigenvalue weighted by Gasteiger charge is -2.08. The largest absolute Gasteiger partial charge is 0.371 e. The van der Waals surface area contributed by atoms with Crippen molar-refractivity contribution in [2.24, 2.45) is 0 Å². The number of pyridine rings is 1. The number of nitrogens with one attached hydrogen (secondary N) is 1. The van der Waals surface area contributed by atoms with Gasteiger partial charge in [-0.1, -0.05) is 0 Å². The molecule has 0 fully saturated rings. The van der Waals surface area contributed by atoms with Crippen LogP contribution in [0.5, 0.6) is 0 Å². The molecule has 0 unspecified atom stereocenters. The number of hydrogen-bond donors (Lipinski definition) is 1. The summed E-state index contributed by atoms with van der Waals surface area (Å²) in [6.45, 7) is 5.65. The van der Waals surface area contributed by atoms with Crippen molar-refractivity contribution in [3.05, 3.63) is 34.7 Å². The second kappa shape index (κ2) is 5.70. The van der Waals surface area contributed by atoms with Crippen molar-refractivity contribution < 1.29 is 8.78 Å². The molecular formula is C13H14F2N4S. The Morgan fingerprint density at radius 3 is 2.15 bits per heavy atom. The van der Waals surface area contributed by atoms with Crippen molar-refractivity contribution >= 4 is 17.6 Å². The minimum absolute atomic E-state index is 0.00513. The first-order valence-corrected chi connectivity index (χ1v) is 6.77. The van der Waals surface area contributed by atoms with Crippen LogP contribution >= 0.6 is 11.8 Å². The second-order valence-corrected chi connectivity index (χ2v) is 5.22. The summed E-state index contributed by atoms with van der Waals surface area (Å²) < 4.78 is 27.1. The molecule has 20 heavy (non-hydrogen) atoms. The van der Waals surface area contributed by atoms with Crippen LogP contribution in [0, 0.1) is 32.4 Å². The fourth-order valence-electron chi connectivity index (χ4n) is 1.57. The van der Waals surface area contributed by atoms with E-state index in [0.29, 0.717) is 5.16 Å². The Morgan fingerprint density at radius 2 is 1.60 bits per heavy atom. The van der Waals surface area contributed by atoms with Crippen LogP contribution in [0.3, 0.4) is 0 Å². The lowest BCUT2D eigenvalue weighted by Crippen LogP contribution is -2.02. The summed E-state index contributed by atoms with van der Waals surface area (Å²) in [7, 11) is 1.52. The molecule has 0 atom stereocenters. The van der Waals surface area contributed by atoms with Crippen LogP contribution in [-0.4, -0.2) is 22.0 Å². The zero-order chi connectivity index (χ0) is 14.9. The van der Waals surface area contributed by atoms with Crippen LogP contribution < -0.4 is 5.32 Å². The Bertz CT molecular complexity index is 638. The first kappa shape index (κ1) is 14.6. The highest BCUT2D eigenvalue weighted by atomic mass is 32.2. The Morgan fingerprint density at radius 1 is 1.00 bits per heavy atom. The number of rotatable bonds is 3. The van der Waals surface area contributed by atoms with E-state index in [2.05, 4.69) is 20.3 Å². The number of anilines is 1. The molecule has 2 aromatic rings. The van der Waals surface area contributed by atoms with E-state index in [-0.39, 0.29) is 10.8 Å². The number of nitrogens with zero attached hydrogens (tertiary/aromatic N) is 3. The molecule has 0 saturated heterocycles. The highest BCUT2D eigenvalue weighted by Crippen LogP contribution is 2.28. The van der Waals surface area contributed by atoms with Crippen LogP contribution in [0.1, 0.15) is 17.0 Å². The fourth-order valence-corrected chi connectivity index (χ4v) is 2.40. The summed E-state index contributed by atoms with van der Waals surface area (Å²) in [4.78, 5) is 12.4. The molecule has 1 N–H and O–H groups in total. The van der Waals surface area contributed by atoms with E-state index in [9.17, 15) is 8.78 Å². The van der Waals surface area contributed by atoms with Gasteiger partial charge in [-0.25, -0.2) is 23.7 Å². The third-order valence-electron chi connectivity index (χ3n) is 2.93. The quantitative estimate of drug-likeness (QED) is 0.881. The van der Waals surface area contributed by atoms with Gasteiger partial charge in [0.25, 0.3) is 0 Å². The van der Waals surface area contributed by atoms with Crippen LogP contribution in [0.4, 0.5) is 14.6 Å². The molecule has 106 valence electrons. The molecule has 4 nitrogen and oxygen atoms in total. The summed E-state index contributed by atoms with van der Waals surface area (Å²) in [5.74, 6) is -1.47. The lowest BCUT2D eigenvalue weighted by molar-refractivity contribution is 0.551. The molecule has 7 heteroatoms. The molecule has 2 heterocycles. The second-order valence-electron chi connectivity index (χ2n) is 4.26. The van der Waals surface area contributed by atoms with Gasteiger partial charge in [0.2, 0.25) is 0 Å². The van der Waals surface area contributed by atoms with Gasteiger partial charge >= 0.3 is 0 Å². The maximum atomic E-state index is 13.7. The monoisotopic (exact) mass is 296 g/mol. The highest BCUT2D eigenvalue weighted by molar-refractivity contribution is 7.99. The molecule has 0 aliphatic rings. The van der Waals surface area contributed by atoms with Crippen molar-refractivity contribution in [2.75, 3.05) is 12.4 Å². The first-order valence-electron chi connectivity index (χ1n) is 5.96. The maximum Gasteiger partial charge on any atom is 0.194 e. The topological polar surface area (TPSA) is 50.7 Å². The van der Waals surface area contributed by atoms with E-state index in [4.69, 9.17) is 0 Å². The maximum absolute atomic E-state index is 13.7.